The second-order valence-electron chi connectivity index (χ2n) is 9.55. The Morgan fingerprint density at radius 1 is 1.26 bits per heavy atom. The molecule has 2 heterocycles. The number of hydrogen-bond donors (Lipinski definition) is 2. The van der Waals surface area contributed by atoms with E-state index in [1.165, 1.54) is 12.1 Å². The van der Waals surface area contributed by atoms with Crippen molar-refractivity contribution in [3.63, 3.8) is 0 Å². The van der Waals surface area contributed by atoms with Gasteiger partial charge < -0.3 is 19.7 Å². The summed E-state index contributed by atoms with van der Waals surface area (Å²) in [6, 6.07) is 4.57. The van der Waals surface area contributed by atoms with E-state index < -0.39 is 34.7 Å². The third-order valence-electron chi connectivity index (χ3n) is 6.67. The lowest BCUT2D eigenvalue weighted by Gasteiger charge is -2.54. The first-order chi connectivity index (χ1) is 16.1. The third kappa shape index (κ3) is 5.28. The Morgan fingerprint density at radius 3 is 2.62 bits per heavy atom. The summed E-state index contributed by atoms with van der Waals surface area (Å²) in [5.41, 5.74) is -1.57. The zero-order valence-electron chi connectivity index (χ0n) is 19.3. The molecule has 8 nitrogen and oxygen atoms in total. The molecule has 1 aromatic carbocycles. The predicted molar refractivity (Wildman–Crippen MR) is 118 cm³/mol. The van der Waals surface area contributed by atoms with Gasteiger partial charge >= 0.3 is 5.97 Å². The number of carbonyl (C=O) groups excluding carboxylic acids is 2. The standard InChI is InChI=1S/C24H29F2N3O5/c1-3-33-21(30)12-24(13-29(14-24)16-6-8-23(2,32)9-7-16)27-22(31)19-11-20(34-28-19)17-5-4-15(25)10-18(17)26/h4-5,10-11,16,32H,3,6-9,12-14H2,1-2H3,(H,27,31). The molecule has 34 heavy (non-hydrogen) atoms. The monoisotopic (exact) mass is 477 g/mol. The third-order valence-corrected chi connectivity index (χ3v) is 6.67. The van der Waals surface area contributed by atoms with E-state index in [0.29, 0.717) is 25.9 Å². The fourth-order valence-electron chi connectivity index (χ4n) is 4.81. The highest BCUT2D eigenvalue weighted by molar-refractivity contribution is 5.94. The summed E-state index contributed by atoms with van der Waals surface area (Å²) in [6.45, 7) is 4.72. The van der Waals surface area contributed by atoms with Crippen LogP contribution in [0.2, 0.25) is 0 Å². The van der Waals surface area contributed by atoms with Crippen molar-refractivity contribution in [2.24, 2.45) is 0 Å². The molecule has 1 amide bonds. The van der Waals surface area contributed by atoms with Gasteiger partial charge in [0.1, 0.15) is 11.6 Å². The molecule has 4 rings (SSSR count). The fourth-order valence-corrected chi connectivity index (χ4v) is 4.81. The Hall–Kier alpha value is -2.85. The second kappa shape index (κ2) is 9.42. The fraction of sp³-hybridized carbons (Fsp3) is 0.542. The van der Waals surface area contributed by atoms with Crippen LogP contribution in [0.1, 0.15) is 56.4 Å². The van der Waals surface area contributed by atoms with E-state index in [1.54, 1.807) is 6.92 Å². The summed E-state index contributed by atoms with van der Waals surface area (Å²) < 4.78 is 37.5. The molecular formula is C24H29F2N3O5. The van der Waals surface area contributed by atoms with Crippen LogP contribution in [0.15, 0.2) is 28.8 Å². The number of rotatable bonds is 7. The zero-order chi connectivity index (χ0) is 24.5. The molecule has 2 aromatic rings. The van der Waals surface area contributed by atoms with Crippen molar-refractivity contribution in [2.45, 2.75) is 63.1 Å². The van der Waals surface area contributed by atoms with E-state index >= 15 is 0 Å². The average molecular weight is 478 g/mol. The van der Waals surface area contributed by atoms with Crippen molar-refractivity contribution < 1.29 is 32.7 Å². The zero-order valence-corrected chi connectivity index (χ0v) is 19.3. The molecule has 0 radical (unpaired) electrons. The molecule has 0 unspecified atom stereocenters. The number of amides is 1. The van der Waals surface area contributed by atoms with Crippen LogP contribution in [0, 0.1) is 11.6 Å². The first-order valence-corrected chi connectivity index (χ1v) is 11.5. The number of ether oxygens (including phenoxy) is 1. The summed E-state index contributed by atoms with van der Waals surface area (Å²) >= 11 is 0. The van der Waals surface area contributed by atoms with Gasteiger partial charge in [-0.15, -0.1) is 0 Å². The first-order valence-electron chi connectivity index (χ1n) is 11.5. The number of hydrogen-bond acceptors (Lipinski definition) is 7. The Labute approximate surface area is 196 Å². The highest BCUT2D eigenvalue weighted by Gasteiger charge is 2.49. The number of halogens is 2. The molecule has 1 aliphatic carbocycles. The Balaban J connectivity index is 1.45. The average Bonchev–Trinajstić information content (AvgIpc) is 3.22. The highest BCUT2D eigenvalue weighted by Crippen LogP contribution is 2.36. The van der Waals surface area contributed by atoms with Crippen molar-refractivity contribution >= 4 is 11.9 Å². The second-order valence-corrected chi connectivity index (χ2v) is 9.55. The normalized spacial score (nSPS) is 24.3. The van der Waals surface area contributed by atoms with E-state index in [9.17, 15) is 23.5 Å². The van der Waals surface area contributed by atoms with Crippen LogP contribution in [0.5, 0.6) is 0 Å². The number of carbonyl (C=O) groups is 2. The summed E-state index contributed by atoms with van der Waals surface area (Å²) in [7, 11) is 0. The molecule has 0 spiro atoms. The van der Waals surface area contributed by atoms with E-state index in [4.69, 9.17) is 9.26 Å². The van der Waals surface area contributed by atoms with Crippen molar-refractivity contribution in [3.8, 4) is 11.3 Å². The molecule has 0 atom stereocenters. The molecular weight excluding hydrogens is 448 g/mol. The maximum Gasteiger partial charge on any atom is 0.308 e. The molecule has 2 aliphatic rings. The quantitative estimate of drug-likeness (QED) is 0.591. The molecule has 1 saturated carbocycles. The van der Waals surface area contributed by atoms with Crippen LogP contribution in [0.25, 0.3) is 11.3 Å². The van der Waals surface area contributed by atoms with Crippen LogP contribution < -0.4 is 5.32 Å². The summed E-state index contributed by atoms with van der Waals surface area (Å²) in [5.74, 6) is -2.54. The van der Waals surface area contributed by atoms with Gasteiger partial charge in [0, 0.05) is 31.3 Å². The highest BCUT2D eigenvalue weighted by atomic mass is 19.1. The van der Waals surface area contributed by atoms with Gasteiger partial charge in [-0.05, 0) is 51.7 Å². The lowest BCUT2D eigenvalue weighted by atomic mass is 9.78. The molecule has 0 bridgehead atoms. The molecule has 1 aromatic heterocycles. The first kappa shape index (κ1) is 24.3. The number of aromatic nitrogens is 1. The smallest absolute Gasteiger partial charge is 0.308 e. The number of nitrogens with one attached hydrogen (secondary N) is 1. The number of esters is 1. The maximum atomic E-state index is 14.1. The maximum absolute atomic E-state index is 14.1. The summed E-state index contributed by atoms with van der Waals surface area (Å²) in [4.78, 5) is 27.4. The molecule has 1 aliphatic heterocycles. The van der Waals surface area contributed by atoms with E-state index in [1.807, 2.05) is 6.92 Å². The summed E-state index contributed by atoms with van der Waals surface area (Å²) in [6.07, 6.45) is 3.09. The Bertz CT molecular complexity index is 1050. The Kier molecular flexibility index (Phi) is 6.73. The van der Waals surface area contributed by atoms with E-state index in [2.05, 4.69) is 15.4 Å². The molecule has 184 valence electrons. The van der Waals surface area contributed by atoms with Crippen LogP contribution in [-0.4, -0.2) is 63.9 Å². The van der Waals surface area contributed by atoms with Crippen LogP contribution >= 0.6 is 0 Å². The number of benzene rings is 1. The number of nitrogens with zero attached hydrogens (tertiary/aromatic N) is 2. The van der Waals surface area contributed by atoms with Gasteiger partial charge in [-0.25, -0.2) is 8.78 Å². The minimum absolute atomic E-state index is 0.00478. The number of aliphatic hydroxyl groups is 1. The van der Waals surface area contributed by atoms with Crippen LogP contribution in [-0.2, 0) is 9.53 Å². The molecule has 2 fully saturated rings. The van der Waals surface area contributed by atoms with Crippen LogP contribution in [0.3, 0.4) is 0 Å². The van der Waals surface area contributed by atoms with Gasteiger partial charge in [0.05, 0.1) is 29.7 Å². The largest absolute Gasteiger partial charge is 0.466 e. The van der Waals surface area contributed by atoms with Gasteiger partial charge in [0.25, 0.3) is 5.91 Å². The van der Waals surface area contributed by atoms with Crippen LogP contribution in [0.4, 0.5) is 8.78 Å². The lowest BCUT2D eigenvalue weighted by Crippen LogP contribution is -2.73. The minimum Gasteiger partial charge on any atom is -0.466 e. The van der Waals surface area contributed by atoms with Crippen molar-refractivity contribution in [2.75, 3.05) is 19.7 Å². The van der Waals surface area contributed by atoms with Gasteiger partial charge in [-0.2, -0.15) is 0 Å². The minimum atomic E-state index is -0.831. The molecule has 2 N–H and O–H groups in total. The van der Waals surface area contributed by atoms with Gasteiger partial charge in [0.2, 0.25) is 0 Å². The Morgan fingerprint density at radius 2 is 1.97 bits per heavy atom. The van der Waals surface area contributed by atoms with E-state index in [-0.39, 0.29) is 36.1 Å². The van der Waals surface area contributed by atoms with Gasteiger partial charge in [-0.1, -0.05) is 5.16 Å². The topological polar surface area (TPSA) is 105 Å². The van der Waals surface area contributed by atoms with Crippen molar-refractivity contribution in [1.29, 1.82) is 0 Å². The van der Waals surface area contributed by atoms with Crippen molar-refractivity contribution in [1.82, 2.24) is 15.4 Å². The number of likely N-dealkylation sites (tertiary alicyclic amines) is 1. The molecule has 10 heteroatoms. The van der Waals surface area contributed by atoms with Gasteiger partial charge in [-0.3, -0.25) is 14.5 Å². The van der Waals surface area contributed by atoms with E-state index in [0.717, 1.165) is 25.0 Å². The van der Waals surface area contributed by atoms with Crippen molar-refractivity contribution in [3.05, 3.63) is 41.6 Å². The van der Waals surface area contributed by atoms with Gasteiger partial charge in [0.15, 0.2) is 11.5 Å². The predicted octanol–water partition coefficient (Wildman–Crippen LogP) is 3.05. The molecule has 1 saturated heterocycles. The summed E-state index contributed by atoms with van der Waals surface area (Å²) in [5, 5.41) is 16.8. The SMILES string of the molecule is CCOC(=O)CC1(NC(=O)c2cc(-c3ccc(F)cc3F)on2)CN(C2CCC(C)(O)CC2)C1. The lowest BCUT2D eigenvalue weighted by molar-refractivity contribution is -0.147.